The Hall–Kier alpha value is -1.81. The number of hydrogen-bond acceptors (Lipinski definition) is 4. The van der Waals surface area contributed by atoms with E-state index in [4.69, 9.17) is 22.7 Å². The Bertz CT molecular complexity index is 520. The van der Waals surface area contributed by atoms with E-state index >= 15 is 0 Å². The lowest BCUT2D eigenvalue weighted by molar-refractivity contribution is -0.109. The number of allylic oxidation sites excluding steroid dienone is 1. The van der Waals surface area contributed by atoms with Crippen LogP contribution in [0.25, 0.3) is 5.70 Å². The molecule has 1 aliphatic rings. The maximum absolute atomic E-state index is 11.4. The van der Waals surface area contributed by atoms with Gasteiger partial charge in [0.15, 0.2) is 0 Å². The fourth-order valence-corrected chi connectivity index (χ4v) is 1.69. The molecule has 1 aromatic carbocycles. The fraction of sp³-hybridized carbons (Fsp3) is 0. The number of halogens is 1. The van der Waals surface area contributed by atoms with Gasteiger partial charge in [0.05, 0.1) is 11.3 Å². The van der Waals surface area contributed by atoms with Crippen LogP contribution in [0.3, 0.4) is 0 Å². The highest BCUT2D eigenvalue weighted by Gasteiger charge is 2.29. The maximum Gasteiger partial charge on any atom is 0.224 e. The van der Waals surface area contributed by atoms with E-state index in [-0.39, 0.29) is 27.8 Å². The number of carbonyl (C=O) groups excluding carboxylic acids is 1. The molecule has 76 valence electrons. The van der Waals surface area contributed by atoms with Crippen LogP contribution in [0.2, 0.25) is 0 Å². The largest absolute Gasteiger partial charge is 0.507 e. The maximum atomic E-state index is 11.4. The number of ketones is 1. The van der Waals surface area contributed by atoms with Gasteiger partial charge in [-0.05, 0) is 6.07 Å². The number of aromatic hydroxyl groups is 1. The van der Waals surface area contributed by atoms with E-state index in [0.29, 0.717) is 5.56 Å². The van der Waals surface area contributed by atoms with Gasteiger partial charge >= 0.3 is 0 Å². The van der Waals surface area contributed by atoms with E-state index in [1.54, 1.807) is 12.1 Å². The molecule has 1 aromatic rings. The zero-order valence-electron chi connectivity index (χ0n) is 7.54. The van der Waals surface area contributed by atoms with Crippen molar-refractivity contribution in [2.75, 3.05) is 0 Å². The Morgan fingerprint density at radius 3 is 2.73 bits per heavy atom. The number of nitrogens with one attached hydrogen (secondary N) is 1. The quantitative estimate of drug-likeness (QED) is 0.617. The molecule has 4 N–H and O–H groups in total. The first-order valence-electron chi connectivity index (χ1n) is 4.15. The van der Waals surface area contributed by atoms with Crippen molar-refractivity contribution >= 4 is 28.8 Å². The molecule has 0 saturated carbocycles. The summed E-state index contributed by atoms with van der Waals surface area (Å²) >= 11 is 5.68. The molecule has 0 aliphatic heterocycles. The van der Waals surface area contributed by atoms with Gasteiger partial charge in [0, 0.05) is 5.56 Å². The van der Waals surface area contributed by atoms with E-state index in [1.165, 1.54) is 6.07 Å². The van der Waals surface area contributed by atoms with Crippen LogP contribution >= 0.6 is 11.6 Å². The molecule has 0 aromatic heterocycles. The summed E-state index contributed by atoms with van der Waals surface area (Å²) in [5, 5.41) is 16.9. The molecular weight excluding hydrogens is 216 g/mol. The number of nitrogens with two attached hydrogens (primary N) is 1. The molecule has 0 unspecified atom stereocenters. The standard InChI is InChI=1S/C10H7ClN2O2/c11-7-8(12)4-2-1-3-5(14)6(4)9(13)10(7)15/h1-3,13-14H,12H2. The topological polar surface area (TPSA) is 87.2 Å². The normalized spacial score (nSPS) is 15.5. The predicted molar refractivity (Wildman–Crippen MR) is 56.9 cm³/mol. The number of carbonyl (C=O) groups is 1. The molecule has 0 heterocycles. The molecule has 4 nitrogen and oxygen atoms in total. The molecule has 0 fully saturated rings. The molecule has 5 heteroatoms. The van der Waals surface area contributed by atoms with E-state index < -0.39 is 5.78 Å². The summed E-state index contributed by atoms with van der Waals surface area (Å²) in [5.41, 5.74) is 5.96. The lowest BCUT2D eigenvalue weighted by Crippen LogP contribution is -2.24. The van der Waals surface area contributed by atoms with Crippen molar-refractivity contribution in [2.24, 2.45) is 5.73 Å². The van der Waals surface area contributed by atoms with Gasteiger partial charge in [0.1, 0.15) is 16.5 Å². The second-order valence-electron chi connectivity index (χ2n) is 3.13. The number of phenols is 1. The molecule has 0 spiro atoms. The van der Waals surface area contributed by atoms with Crippen molar-refractivity contribution in [2.45, 2.75) is 0 Å². The molecule has 0 saturated heterocycles. The highest BCUT2D eigenvalue weighted by atomic mass is 35.5. The first-order valence-corrected chi connectivity index (χ1v) is 4.53. The van der Waals surface area contributed by atoms with Crippen molar-refractivity contribution in [3.63, 3.8) is 0 Å². The summed E-state index contributed by atoms with van der Waals surface area (Å²) in [5.74, 6) is -0.805. The van der Waals surface area contributed by atoms with Gasteiger partial charge in [-0.3, -0.25) is 10.2 Å². The Morgan fingerprint density at radius 1 is 1.40 bits per heavy atom. The minimum absolute atomic E-state index is 0.101. The minimum Gasteiger partial charge on any atom is -0.507 e. The summed E-state index contributed by atoms with van der Waals surface area (Å²) in [6, 6.07) is 4.58. The van der Waals surface area contributed by atoms with Gasteiger partial charge in [-0.2, -0.15) is 0 Å². The molecular formula is C10H7ClN2O2. The van der Waals surface area contributed by atoms with Crippen LogP contribution in [-0.4, -0.2) is 16.6 Å². The van der Waals surface area contributed by atoms with Gasteiger partial charge in [-0.1, -0.05) is 23.7 Å². The molecule has 0 atom stereocenters. The van der Waals surface area contributed by atoms with Crippen molar-refractivity contribution in [1.29, 1.82) is 5.41 Å². The van der Waals surface area contributed by atoms with Crippen LogP contribution in [0.5, 0.6) is 5.75 Å². The Labute approximate surface area is 90.5 Å². The van der Waals surface area contributed by atoms with E-state index in [2.05, 4.69) is 0 Å². The van der Waals surface area contributed by atoms with Crippen molar-refractivity contribution in [3.8, 4) is 5.75 Å². The van der Waals surface area contributed by atoms with Crippen LogP contribution in [0.1, 0.15) is 11.1 Å². The Morgan fingerprint density at radius 2 is 2.07 bits per heavy atom. The van der Waals surface area contributed by atoms with E-state index in [9.17, 15) is 9.90 Å². The van der Waals surface area contributed by atoms with Crippen LogP contribution in [0, 0.1) is 5.41 Å². The molecule has 0 radical (unpaired) electrons. The summed E-state index contributed by atoms with van der Waals surface area (Å²) in [6.45, 7) is 0. The monoisotopic (exact) mass is 222 g/mol. The minimum atomic E-state index is -0.664. The number of benzene rings is 1. The van der Waals surface area contributed by atoms with Gasteiger partial charge in [-0.15, -0.1) is 0 Å². The summed E-state index contributed by atoms with van der Waals surface area (Å²) in [4.78, 5) is 11.4. The highest BCUT2D eigenvalue weighted by Crippen LogP contribution is 2.32. The average Bonchev–Trinajstić information content (AvgIpc) is 2.23. The van der Waals surface area contributed by atoms with Crippen molar-refractivity contribution in [1.82, 2.24) is 0 Å². The lowest BCUT2D eigenvalue weighted by Gasteiger charge is -2.17. The summed E-state index contributed by atoms with van der Waals surface area (Å²) < 4.78 is 0. The van der Waals surface area contributed by atoms with Crippen LogP contribution in [0.15, 0.2) is 23.2 Å². The van der Waals surface area contributed by atoms with Gasteiger partial charge in [-0.25, -0.2) is 0 Å². The second kappa shape index (κ2) is 3.10. The molecule has 0 amide bonds. The molecule has 1 aliphatic carbocycles. The Kier molecular flexibility index (Phi) is 2.01. The first kappa shape index (κ1) is 9.73. The number of hydrogen-bond donors (Lipinski definition) is 3. The van der Waals surface area contributed by atoms with Gasteiger partial charge in [0.25, 0.3) is 0 Å². The van der Waals surface area contributed by atoms with Gasteiger partial charge in [0.2, 0.25) is 5.78 Å². The Balaban J connectivity index is 2.84. The van der Waals surface area contributed by atoms with Crippen molar-refractivity contribution < 1.29 is 9.90 Å². The zero-order chi connectivity index (χ0) is 11.2. The molecule has 2 rings (SSSR count). The third kappa shape index (κ3) is 1.22. The average molecular weight is 223 g/mol. The summed E-state index contributed by atoms with van der Waals surface area (Å²) in [6.07, 6.45) is 0. The summed E-state index contributed by atoms with van der Waals surface area (Å²) in [7, 11) is 0. The van der Waals surface area contributed by atoms with Crippen LogP contribution < -0.4 is 5.73 Å². The molecule has 15 heavy (non-hydrogen) atoms. The van der Waals surface area contributed by atoms with Crippen LogP contribution in [-0.2, 0) is 4.79 Å². The fourth-order valence-electron chi connectivity index (χ4n) is 1.49. The smallest absolute Gasteiger partial charge is 0.224 e. The predicted octanol–water partition coefficient (Wildman–Crippen LogP) is 1.21. The number of phenolic OH excluding ortho intramolecular Hbond substituents is 1. The lowest BCUT2D eigenvalue weighted by atomic mass is 9.91. The van der Waals surface area contributed by atoms with E-state index in [1.807, 2.05) is 0 Å². The number of Topliss-reactive ketones (excluding diaryl/α,β-unsaturated/α-hetero) is 1. The molecule has 0 bridgehead atoms. The first-order chi connectivity index (χ1) is 7.04. The SMILES string of the molecule is N=C1C(=O)C(Cl)=C(N)c2cccc(O)c21. The van der Waals surface area contributed by atoms with Crippen molar-refractivity contribution in [3.05, 3.63) is 34.4 Å². The third-order valence-electron chi connectivity index (χ3n) is 2.25. The zero-order valence-corrected chi connectivity index (χ0v) is 8.30. The van der Waals surface area contributed by atoms with Gasteiger partial charge < -0.3 is 10.8 Å². The van der Waals surface area contributed by atoms with E-state index in [0.717, 1.165) is 0 Å². The third-order valence-corrected chi connectivity index (χ3v) is 2.62. The highest BCUT2D eigenvalue weighted by molar-refractivity contribution is 6.65. The number of fused-ring (bicyclic) bond motifs is 1. The van der Waals surface area contributed by atoms with Crippen LogP contribution in [0.4, 0.5) is 0 Å². The second-order valence-corrected chi connectivity index (χ2v) is 3.51. The number of rotatable bonds is 0.